The van der Waals surface area contributed by atoms with Crippen LogP contribution in [0.4, 0.5) is 5.69 Å². The largest absolute Gasteiger partial charge is 0.489 e. The highest BCUT2D eigenvalue weighted by Gasteiger charge is 2.29. The van der Waals surface area contributed by atoms with Crippen LogP contribution in [0.5, 0.6) is 5.75 Å². The van der Waals surface area contributed by atoms with Crippen molar-refractivity contribution in [1.29, 1.82) is 0 Å². The topological polar surface area (TPSA) is 71.1 Å². The lowest BCUT2D eigenvalue weighted by Crippen LogP contribution is -2.44. The van der Waals surface area contributed by atoms with Gasteiger partial charge in [-0.15, -0.1) is 0 Å². The average molecular weight is 361 g/mol. The van der Waals surface area contributed by atoms with Crippen LogP contribution in [-0.4, -0.2) is 69.8 Å². The van der Waals surface area contributed by atoms with Gasteiger partial charge in [-0.3, -0.25) is 9.59 Å². The van der Waals surface area contributed by atoms with Gasteiger partial charge in [0.15, 0.2) is 0 Å². The maximum Gasteiger partial charge on any atom is 0.251 e. The molecule has 0 aromatic heterocycles. The highest BCUT2D eigenvalue weighted by atomic mass is 16.5. The van der Waals surface area contributed by atoms with Gasteiger partial charge in [0.2, 0.25) is 5.91 Å². The second-order valence-electron chi connectivity index (χ2n) is 6.80. The third-order valence-electron chi connectivity index (χ3n) is 5.04. The van der Waals surface area contributed by atoms with Crippen LogP contribution in [0.1, 0.15) is 29.6 Å². The summed E-state index contributed by atoms with van der Waals surface area (Å²) < 4.78 is 10.8. The van der Waals surface area contributed by atoms with Gasteiger partial charge in [-0.25, -0.2) is 0 Å². The van der Waals surface area contributed by atoms with E-state index >= 15 is 0 Å². The second kappa shape index (κ2) is 8.40. The number of hydrogen-bond donors (Lipinski definition) is 1. The van der Waals surface area contributed by atoms with Crippen molar-refractivity contribution in [3.63, 3.8) is 0 Å². The van der Waals surface area contributed by atoms with Crippen molar-refractivity contribution >= 4 is 17.5 Å². The van der Waals surface area contributed by atoms with Gasteiger partial charge in [-0.2, -0.15) is 0 Å². The predicted octanol–water partition coefficient (Wildman–Crippen LogP) is 1.27. The van der Waals surface area contributed by atoms with Gasteiger partial charge in [-0.05, 0) is 31.0 Å². The highest BCUT2D eigenvalue weighted by molar-refractivity contribution is 5.95. The molecule has 1 aromatic rings. The molecule has 1 fully saturated rings. The smallest absolute Gasteiger partial charge is 0.251 e. The Kier molecular flexibility index (Phi) is 5.98. The number of benzene rings is 1. The van der Waals surface area contributed by atoms with Crippen LogP contribution in [0.3, 0.4) is 0 Å². The van der Waals surface area contributed by atoms with Gasteiger partial charge in [0.05, 0.1) is 24.8 Å². The van der Waals surface area contributed by atoms with E-state index in [2.05, 4.69) is 10.2 Å². The lowest BCUT2D eigenvalue weighted by molar-refractivity contribution is -0.130. The van der Waals surface area contributed by atoms with E-state index in [1.54, 1.807) is 13.2 Å². The van der Waals surface area contributed by atoms with Crippen LogP contribution in [-0.2, 0) is 9.53 Å². The summed E-state index contributed by atoms with van der Waals surface area (Å²) >= 11 is 0. The number of ether oxygens (including phenoxy) is 2. The van der Waals surface area contributed by atoms with Crippen molar-refractivity contribution in [2.75, 3.05) is 51.9 Å². The molecule has 1 aromatic carbocycles. The first-order valence-electron chi connectivity index (χ1n) is 9.14. The Morgan fingerprint density at radius 2 is 2.08 bits per heavy atom. The monoisotopic (exact) mass is 361 g/mol. The molecule has 26 heavy (non-hydrogen) atoms. The first-order chi connectivity index (χ1) is 12.6. The van der Waals surface area contributed by atoms with Gasteiger partial charge in [-0.1, -0.05) is 0 Å². The molecular weight excluding hydrogens is 334 g/mol. The van der Waals surface area contributed by atoms with Crippen molar-refractivity contribution in [2.45, 2.75) is 25.3 Å². The number of rotatable bonds is 6. The quantitative estimate of drug-likeness (QED) is 0.773. The number of likely N-dealkylation sites (N-methyl/N-ethyl adjacent to an activating group) is 1. The molecule has 0 saturated carbocycles. The number of fused-ring (bicyclic) bond motifs is 1. The van der Waals surface area contributed by atoms with E-state index in [0.29, 0.717) is 31.7 Å². The van der Waals surface area contributed by atoms with E-state index in [4.69, 9.17) is 9.47 Å². The van der Waals surface area contributed by atoms with Crippen LogP contribution in [0.15, 0.2) is 18.2 Å². The molecule has 0 bridgehead atoms. The highest BCUT2D eigenvalue weighted by Crippen LogP contribution is 2.34. The van der Waals surface area contributed by atoms with E-state index in [-0.39, 0.29) is 17.9 Å². The summed E-state index contributed by atoms with van der Waals surface area (Å²) in [5, 5.41) is 2.82. The zero-order valence-electron chi connectivity index (χ0n) is 15.5. The summed E-state index contributed by atoms with van der Waals surface area (Å²) in [7, 11) is 3.55. The fourth-order valence-corrected chi connectivity index (χ4v) is 3.41. The van der Waals surface area contributed by atoms with E-state index in [0.717, 1.165) is 37.4 Å². The summed E-state index contributed by atoms with van der Waals surface area (Å²) in [4.78, 5) is 28.7. The minimum atomic E-state index is -0.145. The molecule has 2 heterocycles. The van der Waals surface area contributed by atoms with E-state index in [1.165, 1.54) is 0 Å². The number of nitrogens with zero attached hydrogens (tertiary/aromatic N) is 2. The van der Waals surface area contributed by atoms with E-state index < -0.39 is 0 Å². The number of nitrogens with one attached hydrogen (secondary N) is 1. The van der Waals surface area contributed by atoms with E-state index in [1.807, 2.05) is 24.1 Å². The molecule has 2 aliphatic rings. The molecule has 0 spiro atoms. The molecule has 3 rings (SSSR count). The summed E-state index contributed by atoms with van der Waals surface area (Å²) in [6.45, 7) is 3.13. The lowest BCUT2D eigenvalue weighted by atomic mass is 10.1. The van der Waals surface area contributed by atoms with Crippen molar-refractivity contribution in [1.82, 2.24) is 10.2 Å². The number of hydrogen-bond acceptors (Lipinski definition) is 5. The van der Waals surface area contributed by atoms with Gasteiger partial charge < -0.3 is 24.6 Å². The third-order valence-corrected chi connectivity index (χ3v) is 5.04. The summed E-state index contributed by atoms with van der Waals surface area (Å²) in [5.41, 5.74) is 1.41. The fourth-order valence-electron chi connectivity index (χ4n) is 3.41. The standard InChI is InChI=1S/C19H27N3O4/c1-21-15(12-18(23)22-8-3-4-9-22)13-26-17-6-5-14(11-16(17)21)19(24)20-7-10-25-2/h5-6,11,15H,3-4,7-10,12-13H2,1-2H3,(H,20,24)/t15-/m1/s1. The zero-order chi connectivity index (χ0) is 18.5. The summed E-state index contributed by atoms with van der Waals surface area (Å²) in [5.74, 6) is 0.777. The summed E-state index contributed by atoms with van der Waals surface area (Å²) in [6, 6.07) is 5.37. The molecule has 2 amide bonds. The normalized spacial score (nSPS) is 19.1. The van der Waals surface area contributed by atoms with Gasteiger partial charge in [0.25, 0.3) is 5.91 Å². The Bertz CT molecular complexity index is 658. The zero-order valence-corrected chi connectivity index (χ0v) is 15.5. The van der Waals surface area contributed by atoms with Crippen LogP contribution in [0.25, 0.3) is 0 Å². The molecule has 1 atom stereocenters. The van der Waals surface area contributed by atoms with E-state index in [9.17, 15) is 9.59 Å². The first kappa shape index (κ1) is 18.5. The maximum atomic E-state index is 12.5. The van der Waals surface area contributed by atoms with Gasteiger partial charge in [0.1, 0.15) is 12.4 Å². The molecule has 1 saturated heterocycles. The van der Waals surface area contributed by atoms with Crippen molar-refractivity contribution in [3.05, 3.63) is 23.8 Å². The van der Waals surface area contributed by atoms with Gasteiger partial charge >= 0.3 is 0 Å². The minimum Gasteiger partial charge on any atom is -0.489 e. The van der Waals surface area contributed by atoms with Crippen LogP contribution < -0.4 is 15.0 Å². The molecule has 7 heteroatoms. The van der Waals surface area contributed by atoms with Crippen molar-refractivity contribution in [3.8, 4) is 5.75 Å². The number of carbonyl (C=O) groups is 2. The third kappa shape index (κ3) is 4.09. The van der Waals surface area contributed by atoms with Crippen molar-refractivity contribution < 1.29 is 19.1 Å². The molecular formula is C19H27N3O4. The molecule has 0 aliphatic carbocycles. The Labute approximate surface area is 154 Å². The SMILES string of the molecule is COCCNC(=O)c1ccc2c(c1)N(C)[C@H](CC(=O)N1CCCC1)CO2. The Balaban J connectivity index is 1.67. The fraction of sp³-hybridized carbons (Fsp3) is 0.579. The Morgan fingerprint density at radius 3 is 2.81 bits per heavy atom. The molecule has 7 nitrogen and oxygen atoms in total. The Hall–Kier alpha value is -2.28. The molecule has 1 N–H and O–H groups in total. The average Bonchev–Trinajstić information content (AvgIpc) is 3.19. The van der Waals surface area contributed by atoms with Crippen LogP contribution >= 0.6 is 0 Å². The number of carbonyl (C=O) groups excluding carboxylic acids is 2. The molecule has 0 radical (unpaired) electrons. The van der Waals surface area contributed by atoms with Crippen LogP contribution in [0, 0.1) is 0 Å². The number of likely N-dealkylation sites (tertiary alicyclic amines) is 1. The number of amides is 2. The number of anilines is 1. The maximum absolute atomic E-state index is 12.5. The molecule has 2 aliphatic heterocycles. The first-order valence-corrected chi connectivity index (χ1v) is 9.14. The minimum absolute atomic E-state index is 0.0256. The lowest BCUT2D eigenvalue weighted by Gasteiger charge is -2.36. The predicted molar refractivity (Wildman–Crippen MR) is 98.8 cm³/mol. The second-order valence-corrected chi connectivity index (χ2v) is 6.80. The Morgan fingerprint density at radius 1 is 1.31 bits per heavy atom. The summed E-state index contributed by atoms with van der Waals surface area (Å²) in [6.07, 6.45) is 2.61. The molecule has 142 valence electrons. The molecule has 0 unspecified atom stereocenters. The number of methoxy groups -OCH3 is 1. The van der Waals surface area contributed by atoms with Crippen LogP contribution in [0.2, 0.25) is 0 Å². The van der Waals surface area contributed by atoms with Gasteiger partial charge in [0, 0.05) is 39.4 Å². The van der Waals surface area contributed by atoms with Crippen molar-refractivity contribution in [2.24, 2.45) is 0 Å².